The first-order valence-corrected chi connectivity index (χ1v) is 11.5. The number of benzene rings is 1. The van der Waals surface area contributed by atoms with E-state index in [-0.39, 0.29) is 12.4 Å². The first kappa shape index (κ1) is 22.4. The average molecular weight is 421 g/mol. The molecule has 4 nitrogen and oxygen atoms in total. The largest absolute Gasteiger partial charge is 0.465 e. The quantitative estimate of drug-likeness (QED) is 0.606. The molecular weight excluding hydrogens is 384 g/mol. The lowest BCUT2D eigenvalue weighted by atomic mass is 9.78. The lowest BCUT2D eigenvalue weighted by Gasteiger charge is -2.36. The van der Waals surface area contributed by atoms with Crippen LogP contribution in [-0.4, -0.2) is 41.8 Å². The molecule has 0 spiro atoms. The third kappa shape index (κ3) is 4.74. The maximum Gasteiger partial charge on any atom is 0.411 e. The molecule has 0 radical (unpaired) electrons. The molecule has 1 amide bonds. The Kier molecular flexibility index (Phi) is 7.86. The molecule has 1 heterocycles. The summed E-state index contributed by atoms with van der Waals surface area (Å²) < 4.78 is 0. The van der Waals surface area contributed by atoms with Crippen LogP contribution in [0.5, 0.6) is 0 Å². The van der Waals surface area contributed by atoms with Gasteiger partial charge in [-0.25, -0.2) is 4.79 Å². The van der Waals surface area contributed by atoms with Gasteiger partial charge in [0.1, 0.15) is 0 Å². The van der Waals surface area contributed by atoms with E-state index in [1.54, 1.807) is 4.90 Å². The van der Waals surface area contributed by atoms with Gasteiger partial charge in [-0.1, -0.05) is 51.2 Å². The van der Waals surface area contributed by atoms with E-state index < -0.39 is 6.09 Å². The first-order valence-electron chi connectivity index (χ1n) is 11.5. The van der Waals surface area contributed by atoms with Crippen molar-refractivity contribution in [2.75, 3.05) is 24.5 Å². The molecule has 0 bridgehead atoms. The molecule has 1 aromatic carbocycles. The van der Waals surface area contributed by atoms with Crippen LogP contribution in [0, 0.1) is 5.92 Å². The van der Waals surface area contributed by atoms with Crippen LogP contribution < -0.4 is 4.90 Å². The van der Waals surface area contributed by atoms with Gasteiger partial charge in [0.05, 0.1) is 5.69 Å². The highest BCUT2D eigenvalue weighted by molar-refractivity contribution is 5.87. The zero-order valence-electron chi connectivity index (χ0n) is 17.8. The number of carboxylic acid groups (broad SMARTS) is 1. The van der Waals surface area contributed by atoms with Crippen molar-refractivity contribution in [2.45, 2.75) is 83.1 Å². The summed E-state index contributed by atoms with van der Waals surface area (Å²) in [6.45, 7) is 5.09. The van der Waals surface area contributed by atoms with Gasteiger partial charge in [0.25, 0.3) is 0 Å². The second kappa shape index (κ2) is 10.2. The second-order valence-electron chi connectivity index (χ2n) is 9.11. The van der Waals surface area contributed by atoms with Gasteiger partial charge < -0.3 is 5.11 Å². The predicted molar refractivity (Wildman–Crippen MR) is 122 cm³/mol. The lowest BCUT2D eigenvalue weighted by molar-refractivity contribution is 0.198. The van der Waals surface area contributed by atoms with Crippen LogP contribution in [0.25, 0.3) is 0 Å². The third-order valence-electron chi connectivity index (χ3n) is 7.46. The van der Waals surface area contributed by atoms with Gasteiger partial charge >= 0.3 is 6.09 Å². The van der Waals surface area contributed by atoms with E-state index in [0.29, 0.717) is 18.5 Å². The molecule has 5 heteroatoms. The van der Waals surface area contributed by atoms with Crippen LogP contribution >= 0.6 is 12.4 Å². The Morgan fingerprint density at radius 1 is 1.17 bits per heavy atom. The summed E-state index contributed by atoms with van der Waals surface area (Å²) in [5, 5.41) is 9.70. The number of amides is 1. The molecule has 1 saturated heterocycles. The second-order valence-corrected chi connectivity index (χ2v) is 9.11. The normalized spacial score (nSPS) is 24.4. The zero-order chi connectivity index (χ0) is 19.5. The van der Waals surface area contributed by atoms with Crippen LogP contribution in [0.15, 0.2) is 18.2 Å². The number of nitrogens with zero attached hydrogens (tertiary/aromatic N) is 2. The Hall–Kier alpha value is -1.26. The highest BCUT2D eigenvalue weighted by Gasteiger charge is 2.39. The fourth-order valence-electron chi connectivity index (χ4n) is 6.07. The molecule has 1 aromatic rings. The summed E-state index contributed by atoms with van der Waals surface area (Å²) in [6, 6.07) is 7.02. The number of rotatable bonds is 6. The number of hydrogen-bond donors (Lipinski definition) is 1. The Labute approximate surface area is 182 Å². The third-order valence-corrected chi connectivity index (χ3v) is 7.46. The number of anilines is 1. The molecule has 2 aliphatic carbocycles. The molecule has 3 aliphatic rings. The van der Waals surface area contributed by atoms with E-state index in [9.17, 15) is 9.90 Å². The Morgan fingerprint density at radius 2 is 1.97 bits per heavy atom. The Bertz CT molecular complexity index is 689. The Morgan fingerprint density at radius 3 is 2.69 bits per heavy atom. The first-order chi connectivity index (χ1) is 13.7. The highest BCUT2D eigenvalue weighted by Crippen LogP contribution is 2.44. The lowest BCUT2D eigenvalue weighted by Crippen LogP contribution is -2.37. The molecular formula is C24H37ClN2O2. The van der Waals surface area contributed by atoms with Gasteiger partial charge in [0, 0.05) is 18.5 Å². The van der Waals surface area contributed by atoms with Crippen LogP contribution in [0.3, 0.4) is 0 Å². The highest BCUT2D eigenvalue weighted by atomic mass is 35.5. The topological polar surface area (TPSA) is 43.8 Å². The van der Waals surface area contributed by atoms with Crippen molar-refractivity contribution >= 4 is 24.2 Å². The predicted octanol–water partition coefficient (Wildman–Crippen LogP) is 6.08. The molecule has 1 N–H and O–H groups in total. The average Bonchev–Trinajstić information content (AvgIpc) is 3.14. The molecule has 4 rings (SSSR count). The molecule has 29 heavy (non-hydrogen) atoms. The number of fused-ring (bicyclic) bond motifs is 3. The van der Waals surface area contributed by atoms with Crippen molar-refractivity contribution in [3.8, 4) is 0 Å². The minimum absolute atomic E-state index is 0. The summed E-state index contributed by atoms with van der Waals surface area (Å²) in [7, 11) is 0. The van der Waals surface area contributed by atoms with Crippen molar-refractivity contribution in [3.05, 3.63) is 29.3 Å². The molecule has 2 atom stereocenters. The molecule has 1 aliphatic heterocycles. The summed E-state index contributed by atoms with van der Waals surface area (Å²) in [6.07, 6.45) is 12.0. The van der Waals surface area contributed by atoms with Crippen molar-refractivity contribution in [3.63, 3.8) is 0 Å². The number of likely N-dealkylation sites (tertiary alicyclic amines) is 1. The van der Waals surface area contributed by atoms with E-state index in [4.69, 9.17) is 0 Å². The molecule has 0 unspecified atom stereocenters. The number of halogens is 1. The molecule has 0 aromatic heterocycles. The summed E-state index contributed by atoms with van der Waals surface area (Å²) >= 11 is 0. The van der Waals surface area contributed by atoms with Crippen molar-refractivity contribution in [1.29, 1.82) is 0 Å². The summed E-state index contributed by atoms with van der Waals surface area (Å²) in [5.74, 6) is 1.54. The Balaban J connectivity index is 0.00000240. The van der Waals surface area contributed by atoms with E-state index >= 15 is 0 Å². The smallest absolute Gasteiger partial charge is 0.411 e. The van der Waals surface area contributed by atoms with Gasteiger partial charge in [-0.2, -0.15) is 0 Å². The van der Waals surface area contributed by atoms with Crippen LogP contribution in [-0.2, 0) is 6.42 Å². The fraction of sp³-hybridized carbons (Fsp3) is 0.708. The summed E-state index contributed by atoms with van der Waals surface area (Å²) in [5.41, 5.74) is 3.66. The van der Waals surface area contributed by atoms with Crippen molar-refractivity contribution < 1.29 is 9.90 Å². The number of hydrogen-bond acceptors (Lipinski definition) is 2. The van der Waals surface area contributed by atoms with E-state index in [1.165, 1.54) is 75.6 Å². The van der Waals surface area contributed by atoms with Crippen molar-refractivity contribution in [2.24, 2.45) is 5.92 Å². The minimum Gasteiger partial charge on any atom is -0.465 e. The molecule has 162 valence electrons. The van der Waals surface area contributed by atoms with Gasteiger partial charge in [0.15, 0.2) is 0 Å². The van der Waals surface area contributed by atoms with Gasteiger partial charge in [-0.15, -0.1) is 12.4 Å². The maximum absolute atomic E-state index is 11.8. The monoisotopic (exact) mass is 420 g/mol. The molecule has 2 fully saturated rings. The van der Waals surface area contributed by atoms with Crippen LogP contribution in [0.2, 0.25) is 0 Å². The standard InChI is InChI=1S/C24H36N2O2.ClH/c1-2-15-26(24(27)28)23-10-6-9-19-20(23)11-12-22-21(19)14-17-25(22)16-13-18-7-4-3-5-8-18;/h6,9-10,18,21-22H,2-5,7-8,11-17H2,1H3,(H,27,28);1H/t21-,22+;/m0./s1. The zero-order valence-corrected chi connectivity index (χ0v) is 18.6. The van der Waals surface area contributed by atoms with Gasteiger partial charge in [0.2, 0.25) is 0 Å². The van der Waals surface area contributed by atoms with E-state index in [0.717, 1.165) is 24.4 Å². The minimum atomic E-state index is -0.821. The van der Waals surface area contributed by atoms with E-state index in [1.807, 2.05) is 13.0 Å². The van der Waals surface area contributed by atoms with Crippen LogP contribution in [0.1, 0.15) is 81.8 Å². The van der Waals surface area contributed by atoms with Gasteiger partial charge in [-0.05, 0) is 68.3 Å². The van der Waals surface area contributed by atoms with E-state index in [2.05, 4.69) is 17.0 Å². The maximum atomic E-state index is 11.8. The molecule has 1 saturated carbocycles. The van der Waals surface area contributed by atoms with Crippen LogP contribution in [0.4, 0.5) is 10.5 Å². The van der Waals surface area contributed by atoms with Gasteiger partial charge in [-0.3, -0.25) is 9.80 Å². The number of carbonyl (C=O) groups is 1. The SMILES string of the molecule is CCCN(C(=O)O)c1cccc2c1CC[C@@H]1[C@H]2CCN1CCC1CCCCC1.Cl. The fourth-order valence-corrected chi connectivity index (χ4v) is 6.07. The summed E-state index contributed by atoms with van der Waals surface area (Å²) in [4.78, 5) is 16.1. The van der Waals surface area contributed by atoms with Crippen molar-refractivity contribution in [1.82, 2.24) is 4.90 Å².